The molecule has 7 nitrogen and oxygen atoms in total. The van der Waals surface area contributed by atoms with Crippen LogP contribution < -0.4 is 0 Å². The largest absolute Gasteiger partial charge is 0.481 e. The monoisotopic (exact) mass is 629 g/mol. The van der Waals surface area contributed by atoms with E-state index in [0.29, 0.717) is 30.1 Å². The Hall–Kier alpha value is -2.25. The molecule has 0 radical (unpaired) electrons. The van der Waals surface area contributed by atoms with E-state index in [9.17, 15) is 14.7 Å². The van der Waals surface area contributed by atoms with Crippen LogP contribution in [-0.2, 0) is 21.4 Å². The molecular formula is C39H55N3O4. The van der Waals surface area contributed by atoms with E-state index < -0.39 is 22.2 Å². The quantitative estimate of drug-likeness (QED) is 0.252. The summed E-state index contributed by atoms with van der Waals surface area (Å²) in [6.07, 6.45) is 21.8. The molecule has 4 saturated carbocycles. The molecule has 1 aromatic heterocycles. The summed E-state index contributed by atoms with van der Waals surface area (Å²) in [4.78, 5) is 35.0. The number of carbonyl (C=O) groups is 2. The lowest BCUT2D eigenvalue weighted by atomic mass is 9.41. The van der Waals surface area contributed by atoms with Crippen molar-refractivity contribution in [1.82, 2.24) is 14.5 Å². The van der Waals surface area contributed by atoms with E-state index in [-0.39, 0.29) is 30.0 Å². The van der Waals surface area contributed by atoms with E-state index in [2.05, 4.69) is 54.4 Å². The number of aldehydes is 1. The maximum Gasteiger partial charge on any atom is 0.315 e. The van der Waals surface area contributed by atoms with Crippen molar-refractivity contribution >= 4 is 17.8 Å². The molecule has 1 N–H and O–H groups in total. The van der Waals surface area contributed by atoms with Gasteiger partial charge in [0.2, 0.25) is 0 Å². The molecule has 5 fully saturated rings. The van der Waals surface area contributed by atoms with E-state index in [0.717, 1.165) is 63.1 Å². The van der Waals surface area contributed by atoms with E-state index in [1.54, 1.807) is 0 Å². The minimum atomic E-state index is -1.16. The van der Waals surface area contributed by atoms with Crippen molar-refractivity contribution in [3.8, 4) is 0 Å². The predicted octanol–water partition coefficient (Wildman–Crippen LogP) is 6.79. The van der Waals surface area contributed by atoms with Crippen LogP contribution in [0.1, 0.15) is 97.2 Å². The molecule has 5 aliphatic carbocycles. The maximum atomic E-state index is 14.2. The zero-order valence-electron chi connectivity index (χ0n) is 28.5. The van der Waals surface area contributed by atoms with Crippen LogP contribution in [-0.4, -0.2) is 63.7 Å². The molecule has 8 rings (SSSR count). The van der Waals surface area contributed by atoms with Gasteiger partial charge in [-0.3, -0.25) is 9.69 Å². The molecule has 250 valence electrons. The van der Waals surface area contributed by atoms with Crippen LogP contribution in [0.4, 0.5) is 0 Å². The lowest BCUT2D eigenvalue weighted by molar-refractivity contribution is -0.197. The molecule has 7 aliphatic rings. The van der Waals surface area contributed by atoms with E-state index >= 15 is 0 Å². The zero-order valence-corrected chi connectivity index (χ0v) is 28.5. The minimum Gasteiger partial charge on any atom is -0.481 e. The van der Waals surface area contributed by atoms with Crippen molar-refractivity contribution in [1.29, 1.82) is 0 Å². The van der Waals surface area contributed by atoms with Crippen LogP contribution in [0.2, 0.25) is 0 Å². The summed E-state index contributed by atoms with van der Waals surface area (Å²) in [5.74, 6) is 2.67. The Morgan fingerprint density at radius 2 is 1.96 bits per heavy atom. The first-order valence-electron chi connectivity index (χ1n) is 18.6. The van der Waals surface area contributed by atoms with Gasteiger partial charge in [-0.25, -0.2) is 4.98 Å². The maximum absolute atomic E-state index is 14.2. The highest BCUT2D eigenvalue weighted by atomic mass is 16.5. The number of imidazole rings is 1. The second-order valence-electron chi connectivity index (χ2n) is 16.9. The number of aryl methyl sites for hydroxylation is 1. The molecule has 7 unspecified atom stereocenters. The fraction of sp³-hybridized carbons (Fsp3) is 0.769. The predicted molar refractivity (Wildman–Crippen MR) is 178 cm³/mol. The van der Waals surface area contributed by atoms with Crippen molar-refractivity contribution in [3.05, 3.63) is 35.9 Å². The molecular weight excluding hydrogens is 574 g/mol. The highest BCUT2D eigenvalue weighted by Crippen LogP contribution is 2.84. The number of nitrogens with zero attached hydrogens (tertiary/aromatic N) is 3. The molecule has 46 heavy (non-hydrogen) atoms. The number of carbonyl (C=O) groups excluding carboxylic acids is 1. The van der Waals surface area contributed by atoms with Crippen molar-refractivity contribution < 1.29 is 19.4 Å². The Bertz CT molecular complexity index is 1440. The summed E-state index contributed by atoms with van der Waals surface area (Å²) in [6, 6.07) is 0. The highest BCUT2D eigenvalue weighted by molar-refractivity contribution is 5.90. The van der Waals surface area contributed by atoms with Crippen LogP contribution in [0.25, 0.3) is 5.57 Å². The first-order valence-corrected chi connectivity index (χ1v) is 18.6. The lowest BCUT2D eigenvalue weighted by Crippen LogP contribution is -2.65. The molecule has 7 heteroatoms. The fourth-order valence-corrected chi connectivity index (χ4v) is 13.2. The van der Waals surface area contributed by atoms with Gasteiger partial charge < -0.3 is 19.2 Å². The van der Waals surface area contributed by atoms with Gasteiger partial charge in [-0.05, 0) is 79.1 Å². The number of allylic oxidation sites excluding steroid dienone is 1. The summed E-state index contributed by atoms with van der Waals surface area (Å²) >= 11 is 0. The Labute approximate surface area is 275 Å². The molecule has 1 saturated heterocycles. The average molecular weight is 630 g/mol. The van der Waals surface area contributed by atoms with Crippen molar-refractivity contribution in [2.75, 3.05) is 19.6 Å². The summed E-state index contributed by atoms with van der Waals surface area (Å²) in [5, 5.41) is 11.6. The van der Waals surface area contributed by atoms with Crippen molar-refractivity contribution in [2.24, 2.45) is 64.7 Å². The molecule has 0 amide bonds. The van der Waals surface area contributed by atoms with Gasteiger partial charge in [0.15, 0.2) is 0 Å². The Morgan fingerprint density at radius 1 is 1.15 bits per heavy atom. The van der Waals surface area contributed by atoms with Gasteiger partial charge in [0.05, 0.1) is 17.6 Å². The van der Waals surface area contributed by atoms with Gasteiger partial charge in [-0.1, -0.05) is 77.0 Å². The lowest BCUT2D eigenvalue weighted by Gasteiger charge is -2.60. The summed E-state index contributed by atoms with van der Waals surface area (Å²) < 4.78 is 9.58. The number of carboxylic acids is 1. The van der Waals surface area contributed by atoms with Crippen LogP contribution >= 0.6 is 0 Å². The topological polar surface area (TPSA) is 84.7 Å². The third-order valence-electron chi connectivity index (χ3n) is 15.0. The van der Waals surface area contributed by atoms with Gasteiger partial charge in [0, 0.05) is 44.5 Å². The van der Waals surface area contributed by atoms with Crippen LogP contribution in [0.5, 0.6) is 0 Å². The third-order valence-corrected chi connectivity index (χ3v) is 15.0. The van der Waals surface area contributed by atoms with Gasteiger partial charge in [0.1, 0.15) is 17.5 Å². The van der Waals surface area contributed by atoms with Crippen molar-refractivity contribution in [2.45, 2.75) is 104 Å². The van der Waals surface area contributed by atoms with Gasteiger partial charge >= 0.3 is 5.97 Å². The molecule has 4 bridgehead atoms. The normalized spacial score (nSPS) is 44.0. The SMILES string of the molecule is CC(C)C1=CC2CC3(C=O)[C@@H]4CC[C@@H](C)[C@H]4CC2(C2CC(C4CCCCC4)C(CN4CC=C(c5nccn5C)CC4)O2)C13C(=O)O. The van der Waals surface area contributed by atoms with E-state index in [4.69, 9.17) is 4.74 Å². The second-order valence-corrected chi connectivity index (χ2v) is 16.9. The standard InChI is InChI=1S/C39H55N3O4/c1-24(2)32-18-28-20-37(23-43)31-11-10-25(3)30(31)21-38(28,39(32,37)36(44)45)34-19-29(26-8-6-5-7-9-26)33(46-34)22-42-15-12-27(13-16-42)35-40-14-17-41(35)4/h12,14,17-18,23-26,28-31,33-34H,5-11,13,15-16,19-22H2,1-4H3,(H,44,45)/t25-,28?,29?,30-,31-,33?,34?,37?,38?,39?/m1/s1. The van der Waals surface area contributed by atoms with Gasteiger partial charge in [0.25, 0.3) is 0 Å². The summed E-state index contributed by atoms with van der Waals surface area (Å²) in [6.45, 7) is 9.45. The van der Waals surface area contributed by atoms with Gasteiger partial charge in [-0.15, -0.1) is 0 Å². The van der Waals surface area contributed by atoms with Gasteiger partial charge in [-0.2, -0.15) is 0 Å². The zero-order chi connectivity index (χ0) is 32.0. The first kappa shape index (κ1) is 31.0. The highest BCUT2D eigenvalue weighted by Gasteiger charge is 2.86. The summed E-state index contributed by atoms with van der Waals surface area (Å²) in [5.41, 5.74) is -0.179. The number of hydrogen-bond donors (Lipinski definition) is 1. The number of aromatic nitrogens is 2. The number of carboxylic acid groups (broad SMARTS) is 1. The average Bonchev–Trinajstić information content (AvgIpc) is 3.86. The Morgan fingerprint density at radius 3 is 2.61 bits per heavy atom. The Kier molecular flexibility index (Phi) is 7.52. The van der Waals surface area contributed by atoms with Crippen LogP contribution in [0.3, 0.4) is 0 Å². The van der Waals surface area contributed by atoms with Crippen LogP contribution in [0, 0.1) is 57.7 Å². The summed E-state index contributed by atoms with van der Waals surface area (Å²) in [7, 11) is 2.06. The first-order chi connectivity index (χ1) is 22.2. The third kappa shape index (κ3) is 3.99. The Balaban J connectivity index is 1.16. The van der Waals surface area contributed by atoms with Crippen molar-refractivity contribution in [3.63, 3.8) is 0 Å². The molecule has 1 aromatic rings. The molecule has 0 spiro atoms. The number of rotatable bonds is 8. The minimum absolute atomic E-state index is 0.0925. The number of fused-ring (bicyclic) bond motifs is 2. The molecule has 2 aliphatic heterocycles. The number of ether oxygens (including phenoxy) is 1. The smallest absolute Gasteiger partial charge is 0.315 e. The molecule has 3 heterocycles. The van der Waals surface area contributed by atoms with E-state index in [1.807, 2.05) is 12.4 Å². The molecule has 0 aromatic carbocycles. The van der Waals surface area contributed by atoms with Crippen LogP contribution in [0.15, 0.2) is 30.1 Å². The number of hydrogen-bond acceptors (Lipinski definition) is 5. The van der Waals surface area contributed by atoms with E-state index in [1.165, 1.54) is 44.0 Å². The fourth-order valence-electron chi connectivity index (χ4n) is 13.2. The molecule has 10 atom stereocenters. The second kappa shape index (κ2) is 11.1. The number of aliphatic carboxylic acids is 1.